The summed E-state index contributed by atoms with van der Waals surface area (Å²) in [4.78, 5) is 12.9. The summed E-state index contributed by atoms with van der Waals surface area (Å²) in [5.41, 5.74) is 0.987. The van der Waals surface area contributed by atoms with E-state index in [-0.39, 0.29) is 23.7 Å². The van der Waals surface area contributed by atoms with E-state index < -0.39 is 11.5 Å². The highest BCUT2D eigenvalue weighted by Gasteiger charge is 2.23. The van der Waals surface area contributed by atoms with E-state index in [0.29, 0.717) is 24.4 Å². The van der Waals surface area contributed by atoms with E-state index in [0.717, 1.165) is 11.6 Å². The highest BCUT2D eigenvalue weighted by molar-refractivity contribution is 5.54. The minimum atomic E-state index is -3.13. The molecule has 0 saturated heterocycles. The first-order valence-corrected chi connectivity index (χ1v) is 9.05. The summed E-state index contributed by atoms with van der Waals surface area (Å²) in [7, 11) is 1.29. The number of alkyl halides is 2. The summed E-state index contributed by atoms with van der Waals surface area (Å²) >= 11 is 0. The number of nitrogens with zero attached hydrogens (tertiary/aromatic N) is 2. The largest absolute Gasteiger partial charge is 0.493 e. The van der Waals surface area contributed by atoms with Crippen molar-refractivity contribution in [1.29, 1.82) is 0 Å². The number of methoxy groups -OCH3 is 1. The second-order valence-electron chi connectivity index (χ2n) is 6.48. The molecular formula is C21H20F2N2O5. The number of furan rings is 1. The van der Waals surface area contributed by atoms with Crippen LogP contribution in [0.1, 0.15) is 16.9 Å². The Balaban J connectivity index is 1.94. The Morgan fingerprint density at radius 1 is 1.07 bits per heavy atom. The molecule has 0 unspecified atom stereocenters. The summed E-state index contributed by atoms with van der Waals surface area (Å²) in [5, 5.41) is 11.6. The van der Waals surface area contributed by atoms with Crippen LogP contribution in [0.15, 0.2) is 65.3 Å². The minimum Gasteiger partial charge on any atom is -0.493 e. The lowest BCUT2D eigenvalue weighted by atomic mass is 10.1. The van der Waals surface area contributed by atoms with Gasteiger partial charge in [-0.2, -0.15) is 8.78 Å². The summed E-state index contributed by atoms with van der Waals surface area (Å²) in [5.74, 6) is 0.301. The van der Waals surface area contributed by atoms with Crippen LogP contribution in [0.25, 0.3) is 0 Å². The summed E-state index contributed by atoms with van der Waals surface area (Å²) < 4.78 is 40.2. The lowest BCUT2D eigenvalue weighted by Gasteiger charge is -2.22. The van der Waals surface area contributed by atoms with Crippen molar-refractivity contribution in [3.05, 3.63) is 87.9 Å². The van der Waals surface area contributed by atoms with E-state index in [9.17, 15) is 18.9 Å². The maximum atomic E-state index is 12.7. The predicted molar refractivity (Wildman–Crippen MR) is 104 cm³/mol. The fourth-order valence-electron chi connectivity index (χ4n) is 3.11. The predicted octanol–water partition coefficient (Wildman–Crippen LogP) is 5.00. The van der Waals surface area contributed by atoms with Gasteiger partial charge in [0.1, 0.15) is 5.76 Å². The number of halogens is 2. The van der Waals surface area contributed by atoms with Gasteiger partial charge < -0.3 is 13.9 Å². The fraction of sp³-hybridized carbons (Fsp3) is 0.238. The van der Waals surface area contributed by atoms with E-state index in [2.05, 4.69) is 4.74 Å². The molecule has 0 amide bonds. The van der Waals surface area contributed by atoms with Gasteiger partial charge in [-0.1, -0.05) is 30.3 Å². The number of nitro benzene ring substituents is 1. The van der Waals surface area contributed by atoms with Crippen LogP contribution >= 0.6 is 0 Å². The molecule has 2 aromatic carbocycles. The molecule has 0 atom stereocenters. The quantitative estimate of drug-likeness (QED) is 0.341. The first-order valence-electron chi connectivity index (χ1n) is 9.05. The highest BCUT2D eigenvalue weighted by atomic mass is 19.3. The number of benzene rings is 2. The van der Waals surface area contributed by atoms with Gasteiger partial charge in [0, 0.05) is 18.7 Å². The van der Waals surface area contributed by atoms with Gasteiger partial charge in [-0.25, -0.2) is 0 Å². The van der Waals surface area contributed by atoms with Gasteiger partial charge in [0.25, 0.3) is 5.69 Å². The van der Waals surface area contributed by atoms with Gasteiger partial charge in [-0.05, 0) is 23.8 Å². The van der Waals surface area contributed by atoms with Crippen LogP contribution in [0.4, 0.5) is 14.5 Å². The average Bonchev–Trinajstić information content (AvgIpc) is 3.22. The SMILES string of the molecule is COc1cc(CN(Cc2ccccc2)Cc2ccco2)c([N+](=O)[O-])cc1OC(F)F. The van der Waals surface area contributed by atoms with Crippen molar-refractivity contribution >= 4 is 5.69 Å². The molecule has 0 aliphatic rings. The van der Waals surface area contributed by atoms with Crippen molar-refractivity contribution in [1.82, 2.24) is 4.90 Å². The van der Waals surface area contributed by atoms with Crippen molar-refractivity contribution in [2.45, 2.75) is 26.2 Å². The Morgan fingerprint density at radius 2 is 1.83 bits per heavy atom. The van der Waals surface area contributed by atoms with Crippen molar-refractivity contribution in [2.75, 3.05) is 7.11 Å². The molecule has 1 aromatic heterocycles. The fourth-order valence-corrected chi connectivity index (χ4v) is 3.11. The first-order chi connectivity index (χ1) is 14.5. The molecule has 3 aromatic rings. The van der Waals surface area contributed by atoms with Gasteiger partial charge in [0.2, 0.25) is 0 Å². The Hall–Kier alpha value is -3.46. The Bertz CT molecular complexity index is 965. The number of rotatable bonds is 10. The molecule has 7 nitrogen and oxygen atoms in total. The zero-order chi connectivity index (χ0) is 21.5. The van der Waals surface area contributed by atoms with Gasteiger partial charge in [-0.15, -0.1) is 0 Å². The monoisotopic (exact) mass is 418 g/mol. The van der Waals surface area contributed by atoms with Crippen LogP contribution in [0.2, 0.25) is 0 Å². The van der Waals surface area contributed by atoms with Gasteiger partial charge >= 0.3 is 6.61 Å². The van der Waals surface area contributed by atoms with E-state index in [1.807, 2.05) is 41.3 Å². The molecule has 9 heteroatoms. The van der Waals surface area contributed by atoms with E-state index in [1.165, 1.54) is 13.2 Å². The highest BCUT2D eigenvalue weighted by Crippen LogP contribution is 2.36. The third-order valence-corrected chi connectivity index (χ3v) is 4.38. The van der Waals surface area contributed by atoms with Crippen LogP contribution in [0.5, 0.6) is 11.5 Å². The third-order valence-electron chi connectivity index (χ3n) is 4.38. The van der Waals surface area contributed by atoms with Crippen LogP contribution in [-0.2, 0) is 19.6 Å². The summed E-state index contributed by atoms with van der Waals surface area (Å²) in [6.45, 7) is -2.07. The minimum absolute atomic E-state index is 0.00596. The van der Waals surface area contributed by atoms with E-state index >= 15 is 0 Å². The Kier molecular flexibility index (Phi) is 6.97. The van der Waals surface area contributed by atoms with Crippen molar-refractivity contribution in [2.24, 2.45) is 0 Å². The maximum absolute atomic E-state index is 12.7. The Labute approximate surface area is 171 Å². The van der Waals surface area contributed by atoms with Crippen molar-refractivity contribution < 1.29 is 27.6 Å². The van der Waals surface area contributed by atoms with E-state index in [1.54, 1.807) is 12.3 Å². The third kappa shape index (κ3) is 5.54. The number of hydrogen-bond acceptors (Lipinski definition) is 6. The second-order valence-corrected chi connectivity index (χ2v) is 6.48. The molecule has 158 valence electrons. The average molecular weight is 418 g/mol. The molecule has 0 radical (unpaired) electrons. The number of hydrogen-bond donors (Lipinski definition) is 0. The van der Waals surface area contributed by atoms with Gasteiger partial charge in [0.15, 0.2) is 11.5 Å². The topological polar surface area (TPSA) is 78.0 Å². The molecule has 1 heterocycles. The van der Waals surface area contributed by atoms with Crippen LogP contribution in [0, 0.1) is 10.1 Å². The van der Waals surface area contributed by atoms with Gasteiger partial charge in [0.05, 0.1) is 30.9 Å². The molecule has 0 aliphatic carbocycles. The van der Waals surface area contributed by atoms with Crippen LogP contribution in [-0.4, -0.2) is 23.5 Å². The van der Waals surface area contributed by atoms with Crippen molar-refractivity contribution in [3.63, 3.8) is 0 Å². The summed E-state index contributed by atoms with van der Waals surface area (Å²) in [6.07, 6.45) is 1.55. The molecule has 0 fully saturated rings. The maximum Gasteiger partial charge on any atom is 0.387 e. The second kappa shape index (κ2) is 9.84. The van der Waals surface area contributed by atoms with Crippen LogP contribution in [0.3, 0.4) is 0 Å². The van der Waals surface area contributed by atoms with Crippen molar-refractivity contribution in [3.8, 4) is 11.5 Å². The molecule has 0 aliphatic heterocycles. The van der Waals surface area contributed by atoms with Crippen LogP contribution < -0.4 is 9.47 Å². The molecule has 0 spiro atoms. The van der Waals surface area contributed by atoms with E-state index in [4.69, 9.17) is 9.15 Å². The zero-order valence-corrected chi connectivity index (χ0v) is 16.2. The number of ether oxygens (including phenoxy) is 2. The standard InChI is InChI=1S/C21H20F2N2O5/c1-28-19-10-16(18(25(26)27)11-20(19)30-21(22)23)13-24(14-17-8-5-9-29-17)12-15-6-3-2-4-7-15/h2-11,21H,12-14H2,1H3. The molecule has 0 saturated carbocycles. The molecule has 30 heavy (non-hydrogen) atoms. The lowest BCUT2D eigenvalue weighted by molar-refractivity contribution is -0.385. The number of nitro groups is 1. The molecule has 3 rings (SSSR count). The summed E-state index contributed by atoms with van der Waals surface area (Å²) in [6, 6.07) is 15.5. The smallest absolute Gasteiger partial charge is 0.387 e. The normalized spacial score (nSPS) is 11.1. The zero-order valence-electron chi connectivity index (χ0n) is 16.2. The first kappa shape index (κ1) is 21.3. The molecular weight excluding hydrogens is 398 g/mol. The molecule has 0 bridgehead atoms. The van der Waals surface area contributed by atoms with Gasteiger partial charge in [-0.3, -0.25) is 15.0 Å². The molecule has 0 N–H and O–H groups in total. The Morgan fingerprint density at radius 3 is 2.43 bits per heavy atom. The lowest BCUT2D eigenvalue weighted by Crippen LogP contribution is -2.23.